The van der Waals surface area contributed by atoms with Gasteiger partial charge in [-0.2, -0.15) is 0 Å². The fourth-order valence-electron chi connectivity index (χ4n) is 5.60. The van der Waals surface area contributed by atoms with Crippen molar-refractivity contribution in [3.05, 3.63) is 25.0 Å². The van der Waals surface area contributed by atoms with Crippen LogP contribution < -0.4 is 0 Å². The van der Waals surface area contributed by atoms with Crippen LogP contribution in [0, 0.1) is 16.7 Å². The number of hydrogen-bond donors (Lipinski definition) is 1. The Hall–Kier alpha value is -0.800. The lowest BCUT2D eigenvalue weighted by molar-refractivity contribution is -0.325. The minimum Gasteiger partial charge on any atom is -0.470 e. The van der Waals surface area contributed by atoms with Gasteiger partial charge in [-0.25, -0.2) is 0 Å². The molecule has 1 N–H and O–H groups in total. The predicted octanol–water partition coefficient (Wildman–Crippen LogP) is 4.57. The van der Waals surface area contributed by atoms with Crippen molar-refractivity contribution < 1.29 is 14.6 Å². The number of hydrogen-bond acceptors (Lipinski definition) is 3. The normalized spacial score (nSPS) is 51.8. The van der Waals surface area contributed by atoms with E-state index in [-0.39, 0.29) is 22.3 Å². The molecule has 1 saturated carbocycles. The van der Waals surface area contributed by atoms with Gasteiger partial charge >= 0.3 is 0 Å². The lowest BCUT2D eigenvalue weighted by Crippen LogP contribution is -2.65. The molecule has 2 aliphatic heterocycles. The first-order valence-corrected chi connectivity index (χ1v) is 8.94. The molecule has 3 heteroatoms. The van der Waals surface area contributed by atoms with Crippen molar-refractivity contribution in [1.82, 2.24) is 0 Å². The molecule has 0 aromatic rings. The van der Waals surface area contributed by atoms with Crippen molar-refractivity contribution >= 4 is 0 Å². The monoisotopic (exact) mass is 320 g/mol. The van der Waals surface area contributed by atoms with Crippen molar-refractivity contribution in [2.45, 2.75) is 83.7 Å². The minimum absolute atomic E-state index is 0.141. The number of rotatable bonds is 1. The Labute approximate surface area is 140 Å². The maximum atomic E-state index is 11.8. The summed E-state index contributed by atoms with van der Waals surface area (Å²) in [6, 6.07) is 0. The Bertz CT molecular complexity index is 539. The third-order valence-corrected chi connectivity index (χ3v) is 7.21. The second kappa shape index (κ2) is 4.86. The van der Waals surface area contributed by atoms with Gasteiger partial charge in [0.1, 0.15) is 0 Å². The van der Waals surface area contributed by atoms with E-state index in [0.717, 1.165) is 32.1 Å². The van der Waals surface area contributed by atoms with Crippen molar-refractivity contribution in [2.75, 3.05) is 0 Å². The quantitative estimate of drug-likeness (QED) is 0.720. The Kier molecular flexibility index (Phi) is 3.60. The molecule has 3 rings (SSSR count). The second-order valence-corrected chi connectivity index (χ2v) is 9.07. The summed E-state index contributed by atoms with van der Waals surface area (Å²) in [7, 11) is 0. The van der Waals surface area contributed by atoms with E-state index < -0.39 is 11.4 Å². The van der Waals surface area contributed by atoms with Gasteiger partial charge in [-0.05, 0) is 44.1 Å². The summed E-state index contributed by atoms with van der Waals surface area (Å²) in [6.07, 6.45) is 10.5. The van der Waals surface area contributed by atoms with Crippen LogP contribution >= 0.6 is 0 Å². The molecular weight excluding hydrogens is 288 g/mol. The van der Waals surface area contributed by atoms with Crippen LogP contribution in [0.25, 0.3) is 0 Å². The van der Waals surface area contributed by atoms with E-state index in [1.165, 1.54) is 0 Å². The van der Waals surface area contributed by atoms with Crippen LogP contribution in [-0.4, -0.2) is 22.1 Å². The van der Waals surface area contributed by atoms with E-state index in [9.17, 15) is 5.11 Å². The summed E-state index contributed by atoms with van der Waals surface area (Å²) in [4.78, 5) is 0. The van der Waals surface area contributed by atoms with Gasteiger partial charge in [-0.1, -0.05) is 33.3 Å². The van der Waals surface area contributed by atoms with E-state index in [1.54, 1.807) is 6.26 Å². The van der Waals surface area contributed by atoms with Gasteiger partial charge in [-0.3, -0.25) is 0 Å². The topological polar surface area (TPSA) is 38.7 Å². The molecule has 0 aromatic heterocycles. The molecule has 0 bridgehead atoms. The zero-order valence-corrected chi connectivity index (χ0v) is 15.3. The second-order valence-electron chi connectivity index (χ2n) is 9.07. The first kappa shape index (κ1) is 17.0. The van der Waals surface area contributed by atoms with Gasteiger partial charge in [0.05, 0.1) is 17.5 Å². The zero-order valence-electron chi connectivity index (χ0n) is 15.3. The summed E-state index contributed by atoms with van der Waals surface area (Å²) in [6.45, 7) is 14.6. The Morgan fingerprint density at radius 2 is 1.83 bits per heavy atom. The van der Waals surface area contributed by atoms with Crippen LogP contribution in [0.1, 0.15) is 66.7 Å². The van der Waals surface area contributed by atoms with Gasteiger partial charge in [0.15, 0.2) is 0 Å². The molecule has 3 aliphatic rings. The number of fused-ring (bicyclic) bond motifs is 3. The minimum atomic E-state index is -0.883. The molecule has 130 valence electrons. The largest absolute Gasteiger partial charge is 0.470 e. The molecule has 0 unspecified atom stereocenters. The summed E-state index contributed by atoms with van der Waals surface area (Å²) < 4.78 is 12.5. The molecule has 2 fully saturated rings. The van der Waals surface area contributed by atoms with E-state index in [1.807, 2.05) is 19.1 Å². The molecule has 1 saturated heterocycles. The highest BCUT2D eigenvalue weighted by atomic mass is 16.7. The maximum absolute atomic E-state index is 11.8. The van der Waals surface area contributed by atoms with Crippen molar-refractivity contribution in [3.63, 3.8) is 0 Å². The van der Waals surface area contributed by atoms with Crippen LogP contribution in [0.3, 0.4) is 0 Å². The molecule has 0 spiro atoms. The summed E-state index contributed by atoms with van der Waals surface area (Å²) in [5, 5.41) is 11.8. The van der Waals surface area contributed by atoms with Crippen LogP contribution in [0.4, 0.5) is 0 Å². The Balaban J connectivity index is 2.09. The summed E-state index contributed by atoms with van der Waals surface area (Å²) in [5.41, 5.74) is -1.70. The van der Waals surface area contributed by atoms with E-state index in [4.69, 9.17) is 9.47 Å². The smallest absolute Gasteiger partial charge is 0.211 e. The average Bonchev–Trinajstić information content (AvgIpc) is 2.52. The lowest BCUT2D eigenvalue weighted by atomic mass is 9.47. The van der Waals surface area contributed by atoms with Crippen LogP contribution in [0.5, 0.6) is 0 Å². The van der Waals surface area contributed by atoms with Gasteiger partial charge in [0.2, 0.25) is 5.79 Å². The Morgan fingerprint density at radius 3 is 2.48 bits per heavy atom. The fourth-order valence-corrected chi connectivity index (χ4v) is 5.60. The first-order valence-electron chi connectivity index (χ1n) is 8.94. The molecule has 3 nitrogen and oxygen atoms in total. The number of ether oxygens (including phenoxy) is 2. The maximum Gasteiger partial charge on any atom is 0.211 e. The lowest BCUT2D eigenvalue weighted by Gasteiger charge is -2.61. The third-order valence-electron chi connectivity index (χ3n) is 7.21. The fraction of sp³-hybridized carbons (Fsp3) is 0.800. The highest BCUT2D eigenvalue weighted by Crippen LogP contribution is 2.63. The highest BCUT2D eigenvalue weighted by molar-refractivity contribution is 5.22. The van der Waals surface area contributed by atoms with Gasteiger partial charge in [0.25, 0.3) is 0 Å². The van der Waals surface area contributed by atoms with Crippen LogP contribution in [0.15, 0.2) is 25.0 Å². The zero-order chi connectivity index (χ0) is 17.1. The summed E-state index contributed by atoms with van der Waals surface area (Å²) >= 11 is 0. The average molecular weight is 320 g/mol. The first-order chi connectivity index (χ1) is 10.5. The van der Waals surface area contributed by atoms with E-state index in [2.05, 4.69) is 34.3 Å². The van der Waals surface area contributed by atoms with Gasteiger partial charge in [-0.15, -0.1) is 6.58 Å². The van der Waals surface area contributed by atoms with Crippen molar-refractivity contribution in [3.8, 4) is 0 Å². The molecule has 5 atom stereocenters. The molecule has 0 radical (unpaired) electrons. The molecule has 2 heterocycles. The molecule has 23 heavy (non-hydrogen) atoms. The van der Waals surface area contributed by atoms with Crippen LogP contribution in [0.2, 0.25) is 0 Å². The predicted molar refractivity (Wildman–Crippen MR) is 91.7 cm³/mol. The van der Waals surface area contributed by atoms with Crippen molar-refractivity contribution in [2.24, 2.45) is 16.7 Å². The molecular formula is C20H32O3. The molecule has 0 aromatic carbocycles. The van der Waals surface area contributed by atoms with E-state index >= 15 is 0 Å². The van der Waals surface area contributed by atoms with E-state index in [0.29, 0.717) is 0 Å². The highest BCUT2D eigenvalue weighted by Gasteiger charge is 2.66. The third kappa shape index (κ3) is 2.16. The molecule has 1 aliphatic carbocycles. The van der Waals surface area contributed by atoms with Gasteiger partial charge in [0, 0.05) is 18.3 Å². The number of aliphatic hydroxyl groups is 1. The summed E-state index contributed by atoms with van der Waals surface area (Å²) in [5.74, 6) is -0.591. The van der Waals surface area contributed by atoms with Crippen molar-refractivity contribution in [1.29, 1.82) is 0 Å². The molecule has 0 amide bonds. The van der Waals surface area contributed by atoms with Gasteiger partial charge < -0.3 is 14.6 Å². The SMILES string of the molecule is C=C[C@]1(C)CC[C@H]2[C@@](C)(OC=C[C@@]3(O)C(C)(C)CCC[C@]23C)O1. The Morgan fingerprint density at radius 1 is 1.13 bits per heavy atom. The standard InChI is InChI=1S/C20H32O3/c1-7-17(4)12-9-15-18(5)11-8-10-16(2,3)20(18,21)13-14-22-19(15,6)23-17/h7,13-15,21H,1,8-12H2,2-6H3/t15-,17-,18-,19+,20-/m1/s1. The van der Waals surface area contributed by atoms with Crippen LogP contribution in [-0.2, 0) is 9.47 Å².